The van der Waals surface area contributed by atoms with Gasteiger partial charge >= 0.3 is 0 Å². The van der Waals surface area contributed by atoms with Gasteiger partial charge in [-0.05, 0) is 25.2 Å². The summed E-state index contributed by atoms with van der Waals surface area (Å²) < 4.78 is 10.8. The van der Waals surface area contributed by atoms with Gasteiger partial charge in [0.15, 0.2) is 0 Å². The molecule has 0 aromatic carbocycles. The maximum Gasteiger partial charge on any atom is 0.246 e. The van der Waals surface area contributed by atoms with Gasteiger partial charge in [-0.2, -0.15) is 4.98 Å². The molecule has 0 saturated heterocycles. The maximum absolute atomic E-state index is 8.99. The van der Waals surface area contributed by atoms with Crippen LogP contribution < -0.4 is 5.73 Å². The van der Waals surface area contributed by atoms with E-state index in [0.29, 0.717) is 11.7 Å². The lowest BCUT2D eigenvalue weighted by Gasteiger charge is -2.36. The number of hydrogen-bond acceptors (Lipinski definition) is 6. The van der Waals surface area contributed by atoms with Crippen molar-refractivity contribution in [3.8, 4) is 0 Å². The summed E-state index contributed by atoms with van der Waals surface area (Å²) in [7, 11) is 1.68. The molecule has 0 amide bonds. The van der Waals surface area contributed by atoms with E-state index < -0.39 is 11.6 Å². The summed E-state index contributed by atoms with van der Waals surface area (Å²) in [6.07, 6.45) is 4.06. The molecule has 1 aromatic heterocycles. The van der Waals surface area contributed by atoms with Crippen LogP contribution in [0.15, 0.2) is 4.52 Å². The summed E-state index contributed by atoms with van der Waals surface area (Å²) in [6, 6.07) is -0.624. The van der Waals surface area contributed by atoms with Gasteiger partial charge in [-0.15, -0.1) is 0 Å². The molecule has 1 aliphatic carbocycles. The number of rotatable bonds is 4. The number of methoxy groups -OCH3 is 1. The second-order valence-electron chi connectivity index (χ2n) is 5.15. The van der Waals surface area contributed by atoms with Crippen molar-refractivity contribution in [1.29, 1.82) is 0 Å². The van der Waals surface area contributed by atoms with E-state index >= 15 is 0 Å². The third kappa shape index (κ3) is 2.41. The van der Waals surface area contributed by atoms with Gasteiger partial charge in [0.1, 0.15) is 11.6 Å². The first-order valence-corrected chi connectivity index (χ1v) is 6.37. The fraction of sp³-hybridized carbons (Fsp3) is 0.833. The molecule has 0 spiro atoms. The molecule has 1 heterocycles. The largest absolute Gasteiger partial charge is 0.394 e. The highest BCUT2D eigenvalue weighted by Crippen LogP contribution is 2.41. The maximum atomic E-state index is 8.99. The zero-order valence-electron chi connectivity index (χ0n) is 10.9. The van der Waals surface area contributed by atoms with Crippen LogP contribution >= 0.6 is 0 Å². The molecule has 2 rings (SSSR count). The molecule has 0 bridgehead atoms. The van der Waals surface area contributed by atoms with Crippen LogP contribution in [0.2, 0.25) is 0 Å². The average Bonchev–Trinajstić information content (AvgIpc) is 2.87. The van der Waals surface area contributed by atoms with Crippen molar-refractivity contribution in [3.05, 3.63) is 11.7 Å². The summed E-state index contributed by atoms with van der Waals surface area (Å²) in [5, 5.41) is 13.0. The molecular weight excluding hydrogens is 234 g/mol. The van der Waals surface area contributed by atoms with Gasteiger partial charge in [0.05, 0.1) is 6.61 Å². The lowest BCUT2D eigenvalue weighted by Crippen LogP contribution is -2.35. The fourth-order valence-electron chi connectivity index (χ4n) is 2.63. The van der Waals surface area contributed by atoms with E-state index in [0.717, 1.165) is 19.3 Å². The second-order valence-corrected chi connectivity index (χ2v) is 5.15. The highest BCUT2D eigenvalue weighted by Gasteiger charge is 2.41. The van der Waals surface area contributed by atoms with Crippen molar-refractivity contribution in [3.63, 3.8) is 0 Å². The highest BCUT2D eigenvalue weighted by molar-refractivity contribution is 5.05. The normalized spacial score (nSPS) is 30.3. The van der Waals surface area contributed by atoms with Gasteiger partial charge in [0.2, 0.25) is 11.7 Å². The predicted molar refractivity (Wildman–Crippen MR) is 64.6 cm³/mol. The van der Waals surface area contributed by atoms with Gasteiger partial charge in [0, 0.05) is 7.11 Å². The quantitative estimate of drug-likeness (QED) is 0.837. The predicted octanol–water partition coefficient (Wildman–Crippen LogP) is 1.11. The zero-order chi connectivity index (χ0) is 13.2. The second kappa shape index (κ2) is 5.34. The van der Waals surface area contributed by atoms with Crippen molar-refractivity contribution < 1.29 is 14.4 Å². The minimum Gasteiger partial charge on any atom is -0.394 e. The van der Waals surface area contributed by atoms with E-state index in [1.807, 2.05) is 0 Å². The Balaban J connectivity index is 2.24. The molecule has 3 atom stereocenters. The van der Waals surface area contributed by atoms with Gasteiger partial charge in [0.25, 0.3) is 0 Å². The summed E-state index contributed by atoms with van der Waals surface area (Å²) in [5.74, 6) is 1.39. The van der Waals surface area contributed by atoms with Gasteiger partial charge in [-0.3, -0.25) is 0 Å². The standard InChI is InChI=1S/C12H21N3O3/c1-8-4-3-5-12(6-8,17-2)11-14-10(18-15-11)9(13)7-16/h8-9,16H,3-7,13H2,1-2H3/t8?,9-,12?/m0/s1. The van der Waals surface area contributed by atoms with Crippen molar-refractivity contribution in [2.75, 3.05) is 13.7 Å². The Bertz CT molecular complexity index is 396. The van der Waals surface area contributed by atoms with Crippen LogP contribution in [0.1, 0.15) is 50.4 Å². The van der Waals surface area contributed by atoms with Crippen LogP contribution in [0.5, 0.6) is 0 Å². The van der Waals surface area contributed by atoms with E-state index in [2.05, 4.69) is 17.1 Å². The monoisotopic (exact) mass is 255 g/mol. The number of aromatic nitrogens is 2. The molecule has 1 fully saturated rings. The first-order valence-electron chi connectivity index (χ1n) is 6.37. The lowest BCUT2D eigenvalue weighted by molar-refractivity contribution is -0.0658. The molecule has 0 radical (unpaired) electrons. The molecule has 2 unspecified atom stereocenters. The topological polar surface area (TPSA) is 94.4 Å². The van der Waals surface area contributed by atoms with Crippen LogP contribution in [0.25, 0.3) is 0 Å². The summed E-state index contributed by atoms with van der Waals surface area (Å²) in [4.78, 5) is 4.29. The Labute approximate surface area is 107 Å². The van der Waals surface area contributed by atoms with Gasteiger partial charge < -0.3 is 20.1 Å². The fourth-order valence-corrected chi connectivity index (χ4v) is 2.63. The zero-order valence-corrected chi connectivity index (χ0v) is 10.9. The third-order valence-corrected chi connectivity index (χ3v) is 3.71. The number of aliphatic hydroxyl groups excluding tert-OH is 1. The van der Waals surface area contributed by atoms with Gasteiger partial charge in [-0.25, -0.2) is 0 Å². The third-order valence-electron chi connectivity index (χ3n) is 3.71. The highest BCUT2D eigenvalue weighted by atomic mass is 16.5. The molecule has 102 valence electrons. The van der Waals surface area contributed by atoms with Crippen LogP contribution in [0.4, 0.5) is 0 Å². The molecule has 6 nitrogen and oxygen atoms in total. The first kappa shape index (κ1) is 13.5. The summed E-state index contributed by atoms with van der Waals surface area (Å²) in [6.45, 7) is 1.99. The van der Waals surface area contributed by atoms with E-state index in [1.165, 1.54) is 6.42 Å². The van der Waals surface area contributed by atoms with E-state index in [9.17, 15) is 0 Å². The summed E-state index contributed by atoms with van der Waals surface area (Å²) in [5.41, 5.74) is 5.20. The minimum absolute atomic E-state index is 0.210. The Morgan fingerprint density at radius 2 is 2.44 bits per heavy atom. The number of nitrogens with zero attached hydrogens (tertiary/aromatic N) is 2. The van der Waals surface area contributed by atoms with Crippen LogP contribution in [-0.2, 0) is 10.3 Å². The van der Waals surface area contributed by atoms with Crippen LogP contribution in [0.3, 0.4) is 0 Å². The average molecular weight is 255 g/mol. The van der Waals surface area contributed by atoms with Crippen LogP contribution in [-0.4, -0.2) is 29.0 Å². The molecular formula is C12H21N3O3. The minimum atomic E-state index is -0.624. The number of hydrogen-bond donors (Lipinski definition) is 2. The number of nitrogens with two attached hydrogens (primary N) is 1. The molecule has 1 aliphatic rings. The SMILES string of the molecule is COC1(c2noc([C@@H](N)CO)n2)CCCC(C)C1. The lowest BCUT2D eigenvalue weighted by atomic mass is 9.78. The van der Waals surface area contributed by atoms with E-state index in [-0.39, 0.29) is 12.5 Å². The smallest absolute Gasteiger partial charge is 0.246 e. The number of aliphatic hydroxyl groups is 1. The van der Waals surface area contributed by atoms with Crippen molar-refractivity contribution in [2.24, 2.45) is 11.7 Å². The van der Waals surface area contributed by atoms with Gasteiger partial charge in [-0.1, -0.05) is 18.5 Å². The first-order chi connectivity index (χ1) is 8.61. The molecule has 1 aromatic rings. The Morgan fingerprint density at radius 1 is 1.67 bits per heavy atom. The van der Waals surface area contributed by atoms with Crippen molar-refractivity contribution >= 4 is 0 Å². The van der Waals surface area contributed by atoms with Crippen molar-refractivity contribution in [2.45, 2.75) is 44.2 Å². The Morgan fingerprint density at radius 3 is 3.06 bits per heavy atom. The summed E-state index contributed by atoms with van der Waals surface area (Å²) >= 11 is 0. The van der Waals surface area contributed by atoms with Crippen molar-refractivity contribution in [1.82, 2.24) is 10.1 Å². The Kier molecular flexibility index (Phi) is 3.99. The molecule has 18 heavy (non-hydrogen) atoms. The van der Waals surface area contributed by atoms with E-state index in [4.69, 9.17) is 20.1 Å². The molecule has 3 N–H and O–H groups in total. The van der Waals surface area contributed by atoms with E-state index in [1.54, 1.807) is 7.11 Å². The number of ether oxygens (including phenoxy) is 1. The van der Waals surface area contributed by atoms with Crippen LogP contribution in [0, 0.1) is 5.92 Å². The molecule has 0 aliphatic heterocycles. The molecule has 1 saturated carbocycles. The molecule has 6 heteroatoms. The Hall–Kier alpha value is -0.980.